The van der Waals surface area contributed by atoms with Crippen molar-refractivity contribution in [2.45, 2.75) is 142 Å². The van der Waals surface area contributed by atoms with Crippen LogP contribution in [-0.2, 0) is 33.3 Å². The number of esters is 2. The summed E-state index contributed by atoms with van der Waals surface area (Å²) in [6.07, 6.45) is 20.0. The number of carbonyl (C=O) groups excluding carboxylic acids is 2. The summed E-state index contributed by atoms with van der Waals surface area (Å²) < 4.78 is 22.5. The summed E-state index contributed by atoms with van der Waals surface area (Å²) in [7, 11) is 5.93. The summed E-state index contributed by atoms with van der Waals surface area (Å²) in [4.78, 5) is 36.6. The van der Waals surface area contributed by atoms with E-state index in [9.17, 15) is 19.5 Å². The minimum atomic E-state index is -1.50. The molecule has 0 fully saturated rings. The van der Waals surface area contributed by atoms with Crippen LogP contribution in [0.15, 0.2) is 12.2 Å². The van der Waals surface area contributed by atoms with Crippen molar-refractivity contribution in [2.75, 3.05) is 47.5 Å². The van der Waals surface area contributed by atoms with E-state index in [4.69, 9.17) is 18.9 Å². The van der Waals surface area contributed by atoms with Gasteiger partial charge in [-0.25, -0.2) is 4.79 Å². The Morgan fingerprint density at radius 2 is 1.23 bits per heavy atom. The number of quaternary nitrogens is 1. The van der Waals surface area contributed by atoms with Gasteiger partial charge in [0.15, 0.2) is 6.10 Å². The minimum absolute atomic E-state index is 0.182. The van der Waals surface area contributed by atoms with Crippen molar-refractivity contribution in [1.29, 1.82) is 0 Å². The first-order valence-corrected chi connectivity index (χ1v) is 16.9. The molecule has 0 aromatic carbocycles. The largest absolute Gasteiger partial charge is 0.477 e. The lowest BCUT2D eigenvalue weighted by Crippen LogP contribution is -2.40. The maximum atomic E-state index is 12.6. The quantitative estimate of drug-likeness (QED) is 0.0297. The Morgan fingerprint density at radius 3 is 1.81 bits per heavy atom. The minimum Gasteiger partial charge on any atom is -0.477 e. The molecule has 252 valence electrons. The second kappa shape index (κ2) is 27.6. The molecule has 2 atom stereocenters. The van der Waals surface area contributed by atoms with Crippen LogP contribution in [0.3, 0.4) is 0 Å². The number of allylic oxidation sites excluding steroid dienone is 2. The Labute approximate surface area is 262 Å². The zero-order valence-corrected chi connectivity index (χ0v) is 28.1. The summed E-state index contributed by atoms with van der Waals surface area (Å²) in [5.74, 6) is -2.03. The number of hydrogen-bond acceptors (Lipinski definition) is 7. The number of aliphatic carboxylic acids is 1. The van der Waals surface area contributed by atoms with E-state index in [0.29, 0.717) is 23.9 Å². The number of likely N-dealkylation sites (N-methyl/N-ethyl adjacent to an activating group) is 1. The van der Waals surface area contributed by atoms with Gasteiger partial charge < -0.3 is 28.5 Å². The highest BCUT2D eigenvalue weighted by Gasteiger charge is 2.25. The molecule has 2 unspecified atom stereocenters. The van der Waals surface area contributed by atoms with Gasteiger partial charge >= 0.3 is 17.9 Å². The van der Waals surface area contributed by atoms with E-state index in [2.05, 4.69) is 26.0 Å². The van der Waals surface area contributed by atoms with E-state index in [1.807, 2.05) is 21.1 Å². The van der Waals surface area contributed by atoms with E-state index >= 15 is 0 Å². The second-order valence-corrected chi connectivity index (χ2v) is 12.5. The van der Waals surface area contributed by atoms with E-state index in [0.717, 1.165) is 57.8 Å². The fourth-order valence-corrected chi connectivity index (χ4v) is 4.31. The maximum absolute atomic E-state index is 12.6. The second-order valence-electron chi connectivity index (χ2n) is 12.5. The standard InChI is InChI=1S/C34H63NO8/c1-6-8-10-12-14-16-17-19-21-23-25-32(37)43-30(29-42-34(33(38)39)40-27-26-35(3,4)5)28-41-31(36)24-22-20-18-15-13-11-9-7-2/h10,12,30,34H,6-9,11,13-29H2,1-5H3/p+1/b12-10-. The molecule has 0 aliphatic carbocycles. The van der Waals surface area contributed by atoms with Crippen molar-refractivity contribution in [1.82, 2.24) is 0 Å². The molecule has 0 radical (unpaired) electrons. The number of carboxylic acid groups (broad SMARTS) is 1. The molecule has 0 saturated carbocycles. The molecule has 9 nitrogen and oxygen atoms in total. The molecule has 0 aliphatic rings. The molecule has 0 rings (SSSR count). The van der Waals surface area contributed by atoms with Gasteiger partial charge in [0.05, 0.1) is 34.4 Å². The molecular weight excluding hydrogens is 550 g/mol. The third kappa shape index (κ3) is 28.6. The van der Waals surface area contributed by atoms with Crippen molar-refractivity contribution in [3.63, 3.8) is 0 Å². The zero-order valence-electron chi connectivity index (χ0n) is 28.1. The van der Waals surface area contributed by atoms with Gasteiger partial charge in [0, 0.05) is 12.8 Å². The fourth-order valence-electron chi connectivity index (χ4n) is 4.31. The Bertz CT molecular complexity index is 734. The van der Waals surface area contributed by atoms with Crippen LogP contribution in [0.4, 0.5) is 0 Å². The number of unbranched alkanes of at least 4 members (excludes halogenated alkanes) is 13. The van der Waals surface area contributed by atoms with Crippen LogP contribution in [-0.4, -0.2) is 87.4 Å². The SMILES string of the molecule is CCC/C=C\CCCCCCCC(=O)OC(COC(=O)CCCCCCCCCC)COC(OCC[N+](C)(C)C)C(=O)O. The fraction of sp³-hybridized carbons (Fsp3) is 0.853. The number of nitrogens with zero attached hydrogens (tertiary/aromatic N) is 1. The van der Waals surface area contributed by atoms with Crippen LogP contribution in [0.5, 0.6) is 0 Å². The summed E-state index contributed by atoms with van der Waals surface area (Å²) in [6, 6.07) is 0. The summed E-state index contributed by atoms with van der Waals surface area (Å²) in [6.45, 7) is 4.73. The van der Waals surface area contributed by atoms with Crippen LogP contribution >= 0.6 is 0 Å². The molecule has 0 aliphatic heterocycles. The highest BCUT2D eigenvalue weighted by molar-refractivity contribution is 5.71. The van der Waals surface area contributed by atoms with Crippen LogP contribution in [0.25, 0.3) is 0 Å². The van der Waals surface area contributed by atoms with Gasteiger partial charge in [0.25, 0.3) is 6.29 Å². The van der Waals surface area contributed by atoms with E-state index in [1.54, 1.807) is 0 Å². The first kappa shape index (κ1) is 41.0. The van der Waals surface area contributed by atoms with Gasteiger partial charge in [0.1, 0.15) is 13.2 Å². The highest BCUT2D eigenvalue weighted by atomic mass is 16.7. The van der Waals surface area contributed by atoms with Crippen molar-refractivity contribution < 1.29 is 42.9 Å². The number of rotatable bonds is 30. The van der Waals surface area contributed by atoms with Gasteiger partial charge in [-0.15, -0.1) is 0 Å². The van der Waals surface area contributed by atoms with Crippen molar-refractivity contribution in [2.24, 2.45) is 0 Å². The normalized spacial score (nSPS) is 13.2. The lowest BCUT2D eigenvalue weighted by atomic mass is 10.1. The van der Waals surface area contributed by atoms with Crippen LogP contribution < -0.4 is 0 Å². The topological polar surface area (TPSA) is 108 Å². The molecule has 0 spiro atoms. The number of carbonyl (C=O) groups is 3. The number of ether oxygens (including phenoxy) is 4. The molecule has 43 heavy (non-hydrogen) atoms. The highest BCUT2D eigenvalue weighted by Crippen LogP contribution is 2.12. The molecule has 0 aromatic heterocycles. The van der Waals surface area contributed by atoms with Gasteiger partial charge in [-0.3, -0.25) is 9.59 Å². The van der Waals surface area contributed by atoms with E-state index in [-0.39, 0.29) is 32.2 Å². The number of carboxylic acids is 1. The van der Waals surface area contributed by atoms with Crippen molar-refractivity contribution in [3.05, 3.63) is 12.2 Å². The molecule has 0 bridgehead atoms. The van der Waals surface area contributed by atoms with Crippen molar-refractivity contribution >= 4 is 17.9 Å². The molecule has 0 heterocycles. The van der Waals surface area contributed by atoms with Gasteiger partial charge in [-0.1, -0.05) is 96.6 Å². The summed E-state index contributed by atoms with van der Waals surface area (Å²) >= 11 is 0. The van der Waals surface area contributed by atoms with Crippen molar-refractivity contribution in [3.8, 4) is 0 Å². The molecule has 1 N–H and O–H groups in total. The van der Waals surface area contributed by atoms with Crippen LogP contribution in [0.2, 0.25) is 0 Å². The molecular formula is C34H64NO8+. The molecule has 0 amide bonds. The Morgan fingerprint density at radius 1 is 0.674 bits per heavy atom. The van der Waals surface area contributed by atoms with Gasteiger partial charge in [-0.2, -0.15) is 0 Å². The zero-order chi connectivity index (χ0) is 32.2. The lowest BCUT2D eigenvalue weighted by molar-refractivity contribution is -0.870. The smallest absolute Gasteiger partial charge is 0.361 e. The Kier molecular flexibility index (Phi) is 26.3. The maximum Gasteiger partial charge on any atom is 0.361 e. The van der Waals surface area contributed by atoms with Crippen LogP contribution in [0.1, 0.15) is 129 Å². The summed E-state index contributed by atoms with van der Waals surface area (Å²) in [5, 5.41) is 9.52. The third-order valence-electron chi connectivity index (χ3n) is 7.00. The molecule has 9 heteroatoms. The first-order chi connectivity index (χ1) is 20.6. The average Bonchev–Trinajstić information content (AvgIpc) is 2.94. The average molecular weight is 615 g/mol. The first-order valence-electron chi connectivity index (χ1n) is 16.9. The summed E-state index contributed by atoms with van der Waals surface area (Å²) in [5.41, 5.74) is 0. The van der Waals surface area contributed by atoms with Gasteiger partial charge in [0.2, 0.25) is 0 Å². The Hall–Kier alpha value is -1.97. The van der Waals surface area contributed by atoms with E-state index < -0.39 is 24.3 Å². The molecule has 0 saturated heterocycles. The molecule has 0 aromatic rings. The van der Waals surface area contributed by atoms with Crippen LogP contribution in [0, 0.1) is 0 Å². The third-order valence-corrected chi connectivity index (χ3v) is 7.00. The lowest BCUT2D eigenvalue weighted by Gasteiger charge is -2.25. The Balaban J connectivity index is 4.64. The predicted octanol–water partition coefficient (Wildman–Crippen LogP) is 7.21. The monoisotopic (exact) mass is 614 g/mol. The predicted molar refractivity (Wildman–Crippen MR) is 171 cm³/mol. The van der Waals surface area contributed by atoms with E-state index in [1.165, 1.54) is 38.5 Å². The number of hydrogen-bond donors (Lipinski definition) is 1. The van der Waals surface area contributed by atoms with Gasteiger partial charge in [-0.05, 0) is 32.1 Å².